The molecule has 1 aliphatic carbocycles. The van der Waals surface area contributed by atoms with E-state index in [2.05, 4.69) is 0 Å². The maximum atomic E-state index is 13.6. The Labute approximate surface area is 126 Å². The Hall–Kier alpha value is -1.49. The summed E-state index contributed by atoms with van der Waals surface area (Å²) in [6.45, 7) is 3.56. The molecule has 1 aromatic carbocycles. The molecule has 2 rings (SSSR count). The van der Waals surface area contributed by atoms with E-state index < -0.39 is 23.6 Å². The first-order valence-electron chi connectivity index (χ1n) is 6.58. The second-order valence-electron chi connectivity index (χ2n) is 5.54. The standard InChI is InChI=1S/C15H15ClF2O3/c1-8(2)7-21-14(20)15(13(17)18)6-9-4-3-5-10(16)11(9)12(15)19/h3-5,8,13H,6-7H2,1-2H3. The van der Waals surface area contributed by atoms with Gasteiger partial charge in [0, 0.05) is 12.0 Å². The molecule has 0 bridgehead atoms. The highest BCUT2D eigenvalue weighted by molar-refractivity contribution is 6.35. The summed E-state index contributed by atoms with van der Waals surface area (Å²) >= 11 is 5.91. The van der Waals surface area contributed by atoms with Gasteiger partial charge >= 0.3 is 5.97 Å². The third kappa shape index (κ3) is 2.55. The number of fused-ring (bicyclic) bond motifs is 1. The number of rotatable bonds is 4. The van der Waals surface area contributed by atoms with Gasteiger partial charge in [-0.15, -0.1) is 0 Å². The van der Waals surface area contributed by atoms with Crippen molar-refractivity contribution >= 4 is 23.4 Å². The average Bonchev–Trinajstić information content (AvgIpc) is 2.71. The summed E-state index contributed by atoms with van der Waals surface area (Å²) in [6, 6.07) is 4.54. The maximum absolute atomic E-state index is 13.6. The quantitative estimate of drug-likeness (QED) is 0.630. The zero-order chi connectivity index (χ0) is 15.8. The van der Waals surface area contributed by atoms with Crippen LogP contribution in [0.2, 0.25) is 5.02 Å². The van der Waals surface area contributed by atoms with Crippen molar-refractivity contribution in [3.8, 4) is 0 Å². The van der Waals surface area contributed by atoms with E-state index >= 15 is 0 Å². The van der Waals surface area contributed by atoms with Crippen molar-refractivity contribution in [2.45, 2.75) is 26.7 Å². The summed E-state index contributed by atoms with van der Waals surface area (Å²) in [6.07, 6.45) is -3.52. The number of esters is 1. The number of ether oxygens (including phenoxy) is 1. The first-order valence-corrected chi connectivity index (χ1v) is 6.96. The Bertz CT molecular complexity index is 586. The molecule has 0 aliphatic heterocycles. The first kappa shape index (κ1) is 15.9. The van der Waals surface area contributed by atoms with Crippen molar-refractivity contribution in [1.29, 1.82) is 0 Å². The molecule has 1 atom stereocenters. The number of carbonyl (C=O) groups is 2. The van der Waals surface area contributed by atoms with Gasteiger partial charge in [0.15, 0.2) is 11.2 Å². The van der Waals surface area contributed by atoms with Crippen LogP contribution < -0.4 is 0 Å². The van der Waals surface area contributed by atoms with Crippen molar-refractivity contribution in [1.82, 2.24) is 0 Å². The summed E-state index contributed by atoms with van der Waals surface area (Å²) in [5.74, 6) is -2.14. The molecule has 0 heterocycles. The molecule has 1 aromatic rings. The lowest BCUT2D eigenvalue weighted by atomic mass is 9.84. The van der Waals surface area contributed by atoms with E-state index in [4.69, 9.17) is 16.3 Å². The van der Waals surface area contributed by atoms with Crippen molar-refractivity contribution in [3.63, 3.8) is 0 Å². The number of alkyl halides is 2. The average molecular weight is 317 g/mol. The van der Waals surface area contributed by atoms with Crippen LogP contribution in [0.5, 0.6) is 0 Å². The minimum Gasteiger partial charge on any atom is -0.464 e. The number of halogens is 3. The third-order valence-corrected chi connectivity index (χ3v) is 3.80. The van der Waals surface area contributed by atoms with E-state index in [9.17, 15) is 18.4 Å². The van der Waals surface area contributed by atoms with Crippen LogP contribution in [0.3, 0.4) is 0 Å². The van der Waals surface area contributed by atoms with Crippen LogP contribution in [-0.4, -0.2) is 24.8 Å². The normalized spacial score (nSPS) is 21.0. The molecule has 0 N–H and O–H groups in total. The summed E-state index contributed by atoms with van der Waals surface area (Å²) in [5, 5.41) is 0.0803. The van der Waals surface area contributed by atoms with Crippen LogP contribution in [0.1, 0.15) is 29.8 Å². The lowest BCUT2D eigenvalue weighted by molar-refractivity contribution is -0.161. The Morgan fingerprint density at radius 2 is 2.10 bits per heavy atom. The van der Waals surface area contributed by atoms with Crippen LogP contribution in [0.25, 0.3) is 0 Å². The van der Waals surface area contributed by atoms with Crippen molar-refractivity contribution in [2.75, 3.05) is 6.61 Å². The van der Waals surface area contributed by atoms with Gasteiger partial charge in [-0.05, 0) is 17.5 Å². The van der Waals surface area contributed by atoms with Gasteiger partial charge in [-0.2, -0.15) is 0 Å². The molecule has 6 heteroatoms. The molecule has 114 valence electrons. The van der Waals surface area contributed by atoms with Crippen LogP contribution in [0.4, 0.5) is 8.78 Å². The Balaban J connectivity index is 2.41. The molecular formula is C15H15ClF2O3. The number of hydrogen-bond acceptors (Lipinski definition) is 3. The Morgan fingerprint density at radius 1 is 1.43 bits per heavy atom. The van der Waals surface area contributed by atoms with E-state index in [1.807, 2.05) is 0 Å². The van der Waals surface area contributed by atoms with Crippen molar-refractivity contribution < 1.29 is 23.1 Å². The van der Waals surface area contributed by atoms with Crippen LogP contribution in [0, 0.1) is 11.3 Å². The molecule has 21 heavy (non-hydrogen) atoms. The zero-order valence-corrected chi connectivity index (χ0v) is 12.4. The lowest BCUT2D eigenvalue weighted by Gasteiger charge is -2.24. The third-order valence-electron chi connectivity index (χ3n) is 3.49. The molecule has 1 unspecified atom stereocenters. The molecule has 1 aliphatic rings. The molecule has 0 saturated carbocycles. The fraction of sp³-hybridized carbons (Fsp3) is 0.467. The van der Waals surface area contributed by atoms with Gasteiger partial charge in [0.25, 0.3) is 6.43 Å². The van der Waals surface area contributed by atoms with E-state index in [1.54, 1.807) is 19.9 Å². The Kier molecular flexibility index (Phi) is 4.33. The smallest absolute Gasteiger partial charge is 0.326 e. The Morgan fingerprint density at radius 3 is 2.62 bits per heavy atom. The summed E-state index contributed by atoms with van der Waals surface area (Å²) in [4.78, 5) is 24.5. The fourth-order valence-corrected chi connectivity index (χ4v) is 2.66. The highest BCUT2D eigenvalue weighted by Crippen LogP contribution is 2.44. The molecule has 3 nitrogen and oxygen atoms in total. The molecular weight excluding hydrogens is 302 g/mol. The second-order valence-corrected chi connectivity index (χ2v) is 5.95. The van der Waals surface area contributed by atoms with Crippen molar-refractivity contribution in [2.24, 2.45) is 11.3 Å². The van der Waals surface area contributed by atoms with Gasteiger partial charge in [-0.3, -0.25) is 9.59 Å². The largest absolute Gasteiger partial charge is 0.464 e. The summed E-state index contributed by atoms with van der Waals surface area (Å²) < 4.78 is 32.0. The lowest BCUT2D eigenvalue weighted by Crippen LogP contribution is -2.45. The molecule has 0 spiro atoms. The van der Waals surface area contributed by atoms with Gasteiger partial charge in [0.2, 0.25) is 0 Å². The minimum atomic E-state index is -3.15. The van der Waals surface area contributed by atoms with Crippen molar-refractivity contribution in [3.05, 3.63) is 34.3 Å². The predicted octanol–water partition coefficient (Wildman–Crippen LogP) is 3.53. The predicted molar refractivity (Wildman–Crippen MR) is 73.7 cm³/mol. The second kappa shape index (κ2) is 5.72. The summed E-state index contributed by atoms with van der Waals surface area (Å²) in [5.41, 5.74) is -2.11. The highest BCUT2D eigenvalue weighted by Gasteiger charge is 2.60. The molecule has 0 amide bonds. The topological polar surface area (TPSA) is 43.4 Å². The van der Waals surface area contributed by atoms with Gasteiger partial charge in [-0.1, -0.05) is 37.6 Å². The van der Waals surface area contributed by atoms with E-state index in [-0.39, 0.29) is 29.5 Å². The fourth-order valence-electron chi connectivity index (χ4n) is 2.38. The molecule has 0 fully saturated rings. The number of carbonyl (C=O) groups excluding carboxylic acids is 2. The van der Waals surface area contributed by atoms with Crippen LogP contribution in [-0.2, 0) is 16.0 Å². The number of ketones is 1. The highest BCUT2D eigenvalue weighted by atomic mass is 35.5. The van der Waals surface area contributed by atoms with Gasteiger partial charge < -0.3 is 4.74 Å². The first-order chi connectivity index (χ1) is 9.80. The maximum Gasteiger partial charge on any atom is 0.326 e. The molecule has 0 radical (unpaired) electrons. The van der Waals surface area contributed by atoms with Gasteiger partial charge in [0.1, 0.15) is 0 Å². The van der Waals surface area contributed by atoms with E-state index in [1.165, 1.54) is 12.1 Å². The number of benzene rings is 1. The zero-order valence-electron chi connectivity index (χ0n) is 11.7. The van der Waals surface area contributed by atoms with Crippen LogP contribution >= 0.6 is 11.6 Å². The summed E-state index contributed by atoms with van der Waals surface area (Å²) in [7, 11) is 0. The SMILES string of the molecule is CC(C)COC(=O)C1(C(F)F)Cc2cccc(Cl)c2C1=O. The van der Waals surface area contributed by atoms with Gasteiger partial charge in [0.05, 0.1) is 11.6 Å². The van der Waals surface area contributed by atoms with E-state index in [0.717, 1.165) is 0 Å². The number of Topliss-reactive ketones (excluding diaryl/α,β-unsaturated/α-hetero) is 1. The monoisotopic (exact) mass is 316 g/mol. The molecule has 0 aromatic heterocycles. The van der Waals surface area contributed by atoms with E-state index in [0.29, 0.717) is 5.56 Å². The molecule has 0 saturated heterocycles. The number of hydrogen-bond donors (Lipinski definition) is 0. The minimum absolute atomic E-state index is 0.000892. The van der Waals surface area contributed by atoms with Gasteiger partial charge in [-0.25, -0.2) is 8.78 Å². The van der Waals surface area contributed by atoms with Crippen LogP contribution in [0.15, 0.2) is 18.2 Å².